The fourth-order valence-electron chi connectivity index (χ4n) is 7.14. The van der Waals surface area contributed by atoms with Gasteiger partial charge < -0.3 is 0 Å². The van der Waals surface area contributed by atoms with Gasteiger partial charge in [0.1, 0.15) is 0 Å². The zero-order valence-corrected chi connectivity index (χ0v) is 16.5. The average molecular weight is 327 g/mol. The molecule has 4 aliphatic rings. The van der Waals surface area contributed by atoms with Gasteiger partial charge in [0, 0.05) is 0 Å². The van der Waals surface area contributed by atoms with Crippen molar-refractivity contribution < 1.29 is 0 Å². The first kappa shape index (κ1) is 16.9. The Hall–Kier alpha value is -0.520. The minimum Gasteiger partial charge on any atom is -0.0851 e. The van der Waals surface area contributed by atoms with Gasteiger partial charge in [-0.1, -0.05) is 57.9 Å². The van der Waals surface area contributed by atoms with Crippen LogP contribution in [-0.2, 0) is 0 Å². The predicted molar refractivity (Wildman–Crippen MR) is 104 cm³/mol. The molecule has 0 aromatic carbocycles. The summed E-state index contributed by atoms with van der Waals surface area (Å²) in [6.07, 6.45) is 22.2. The van der Waals surface area contributed by atoms with Crippen LogP contribution >= 0.6 is 0 Å². The van der Waals surface area contributed by atoms with E-state index in [2.05, 4.69) is 45.9 Å². The van der Waals surface area contributed by atoms with E-state index in [1.807, 2.05) is 5.57 Å². The molecule has 2 saturated carbocycles. The van der Waals surface area contributed by atoms with Gasteiger partial charge in [0.25, 0.3) is 0 Å². The summed E-state index contributed by atoms with van der Waals surface area (Å²) in [5.41, 5.74) is 3.45. The molecule has 24 heavy (non-hydrogen) atoms. The molecular formula is C24H38. The van der Waals surface area contributed by atoms with E-state index in [1.165, 1.54) is 64.2 Å². The van der Waals surface area contributed by atoms with Crippen LogP contribution in [0.15, 0.2) is 23.8 Å². The van der Waals surface area contributed by atoms with Crippen LogP contribution in [0.2, 0.25) is 0 Å². The summed E-state index contributed by atoms with van der Waals surface area (Å²) >= 11 is 0. The van der Waals surface area contributed by atoms with Crippen LogP contribution < -0.4 is 0 Å². The number of rotatable bonds is 0. The second-order valence-corrected chi connectivity index (χ2v) is 10.6. The Labute approximate surface area is 150 Å². The van der Waals surface area contributed by atoms with Gasteiger partial charge in [-0.3, -0.25) is 0 Å². The van der Waals surface area contributed by atoms with Crippen molar-refractivity contribution in [1.82, 2.24) is 0 Å². The molecule has 0 spiro atoms. The lowest BCUT2D eigenvalue weighted by molar-refractivity contribution is 0.0566. The molecule has 134 valence electrons. The molecule has 0 heteroatoms. The lowest BCUT2D eigenvalue weighted by atomic mass is 9.53. The molecular weight excluding hydrogens is 288 g/mol. The molecule has 0 aromatic heterocycles. The Bertz CT molecular complexity index is 554. The molecule has 2 fully saturated rings. The zero-order valence-electron chi connectivity index (χ0n) is 16.5. The van der Waals surface area contributed by atoms with E-state index in [9.17, 15) is 0 Å². The van der Waals surface area contributed by atoms with E-state index in [0.29, 0.717) is 16.2 Å². The molecule has 0 aromatic rings. The molecule has 4 aliphatic carbocycles. The van der Waals surface area contributed by atoms with Crippen molar-refractivity contribution in [1.29, 1.82) is 0 Å². The molecule has 0 amide bonds. The zero-order chi connectivity index (χ0) is 17.0. The van der Waals surface area contributed by atoms with Gasteiger partial charge in [0.15, 0.2) is 0 Å². The molecule has 0 N–H and O–H groups in total. The fraction of sp³-hybridized carbons (Fsp3) is 0.833. The highest BCUT2D eigenvalue weighted by Gasteiger charge is 2.51. The quantitative estimate of drug-likeness (QED) is 0.409. The van der Waals surface area contributed by atoms with E-state index in [0.717, 1.165) is 17.8 Å². The second-order valence-electron chi connectivity index (χ2n) is 10.6. The van der Waals surface area contributed by atoms with Crippen LogP contribution in [0, 0.1) is 34.0 Å². The van der Waals surface area contributed by atoms with Crippen LogP contribution in [0.4, 0.5) is 0 Å². The second kappa shape index (κ2) is 5.75. The summed E-state index contributed by atoms with van der Waals surface area (Å²) < 4.78 is 0. The van der Waals surface area contributed by atoms with Gasteiger partial charge in [-0.05, 0) is 91.8 Å². The smallest absolute Gasteiger partial charge is 0.00525 e. The lowest BCUT2D eigenvalue weighted by Gasteiger charge is -2.51. The van der Waals surface area contributed by atoms with E-state index in [-0.39, 0.29) is 0 Å². The first-order valence-corrected chi connectivity index (χ1v) is 10.7. The maximum Gasteiger partial charge on any atom is -0.00525 e. The standard InChI is InChI=1S/C24H38/c1-18-10-16-24(4)20(17-18)9-8-19-7-5-12-22(2)13-6-14-23(22,3)15-11-21(19)24/h7,10,16,18,20-21H,5-6,8-9,11-15,17H2,1-4H3. The topological polar surface area (TPSA) is 0 Å². The molecule has 0 radical (unpaired) electrons. The van der Waals surface area contributed by atoms with Crippen molar-refractivity contribution in [2.45, 2.75) is 91.9 Å². The van der Waals surface area contributed by atoms with E-state index in [1.54, 1.807) is 0 Å². The van der Waals surface area contributed by atoms with Gasteiger partial charge in [0.05, 0.1) is 0 Å². The van der Waals surface area contributed by atoms with Gasteiger partial charge in [-0.2, -0.15) is 0 Å². The average Bonchev–Trinajstić information content (AvgIpc) is 2.84. The van der Waals surface area contributed by atoms with E-state index < -0.39 is 0 Å². The number of hydrogen-bond acceptors (Lipinski definition) is 0. The van der Waals surface area contributed by atoms with Crippen LogP contribution in [0.25, 0.3) is 0 Å². The largest absolute Gasteiger partial charge is 0.0851 e. The molecule has 6 atom stereocenters. The summed E-state index contributed by atoms with van der Waals surface area (Å²) in [4.78, 5) is 0. The third-order valence-corrected chi connectivity index (χ3v) is 9.30. The Kier molecular flexibility index (Phi) is 4.05. The number of hydrogen-bond donors (Lipinski definition) is 0. The van der Waals surface area contributed by atoms with Crippen molar-refractivity contribution in [3.05, 3.63) is 23.8 Å². The molecule has 0 aliphatic heterocycles. The highest BCUT2D eigenvalue weighted by molar-refractivity contribution is 5.24. The Balaban J connectivity index is 1.67. The van der Waals surface area contributed by atoms with Crippen molar-refractivity contribution in [2.24, 2.45) is 34.0 Å². The predicted octanol–water partition coefficient (Wildman–Crippen LogP) is 7.31. The Morgan fingerprint density at radius 1 is 0.958 bits per heavy atom. The lowest BCUT2D eigenvalue weighted by Crippen LogP contribution is -2.42. The first-order valence-electron chi connectivity index (χ1n) is 10.7. The molecule has 4 rings (SSSR count). The van der Waals surface area contributed by atoms with E-state index in [4.69, 9.17) is 0 Å². The Morgan fingerprint density at radius 3 is 2.50 bits per heavy atom. The van der Waals surface area contributed by atoms with Crippen LogP contribution in [-0.4, -0.2) is 0 Å². The monoisotopic (exact) mass is 326 g/mol. The third-order valence-electron chi connectivity index (χ3n) is 9.30. The molecule has 0 bridgehead atoms. The summed E-state index contributed by atoms with van der Waals surface area (Å²) in [7, 11) is 0. The SMILES string of the molecule is CC1C=CC2(C)C(CCC3=CCCC4(C)CCCC4(C)CCC32)C1. The minimum absolute atomic E-state index is 0.437. The van der Waals surface area contributed by atoms with E-state index >= 15 is 0 Å². The normalized spacial score (nSPS) is 51.5. The van der Waals surface area contributed by atoms with Crippen molar-refractivity contribution in [3.63, 3.8) is 0 Å². The fourth-order valence-corrected chi connectivity index (χ4v) is 7.14. The Morgan fingerprint density at radius 2 is 1.71 bits per heavy atom. The molecule has 0 nitrogen and oxygen atoms in total. The summed E-state index contributed by atoms with van der Waals surface area (Å²) in [5, 5.41) is 0. The van der Waals surface area contributed by atoms with Gasteiger partial charge in [0.2, 0.25) is 0 Å². The van der Waals surface area contributed by atoms with Crippen molar-refractivity contribution in [3.8, 4) is 0 Å². The van der Waals surface area contributed by atoms with Crippen molar-refractivity contribution >= 4 is 0 Å². The maximum atomic E-state index is 2.70. The molecule has 0 saturated heterocycles. The molecule has 0 heterocycles. The maximum absolute atomic E-state index is 2.70. The highest BCUT2D eigenvalue weighted by atomic mass is 14.6. The minimum atomic E-state index is 0.437. The number of allylic oxidation sites excluding steroid dienone is 4. The highest BCUT2D eigenvalue weighted by Crippen LogP contribution is 2.61. The third kappa shape index (κ3) is 2.46. The summed E-state index contributed by atoms with van der Waals surface area (Å²) in [5.74, 6) is 2.53. The van der Waals surface area contributed by atoms with Gasteiger partial charge in [-0.15, -0.1) is 0 Å². The van der Waals surface area contributed by atoms with Crippen molar-refractivity contribution in [2.75, 3.05) is 0 Å². The summed E-state index contributed by atoms with van der Waals surface area (Å²) in [6.45, 7) is 10.3. The number of fused-ring (bicyclic) bond motifs is 4. The van der Waals surface area contributed by atoms with Gasteiger partial charge >= 0.3 is 0 Å². The van der Waals surface area contributed by atoms with Crippen LogP contribution in [0.3, 0.4) is 0 Å². The van der Waals surface area contributed by atoms with Crippen LogP contribution in [0.1, 0.15) is 91.9 Å². The van der Waals surface area contributed by atoms with Gasteiger partial charge in [-0.25, -0.2) is 0 Å². The molecule has 6 unspecified atom stereocenters. The summed E-state index contributed by atoms with van der Waals surface area (Å²) in [6, 6.07) is 0. The van der Waals surface area contributed by atoms with Crippen LogP contribution in [0.5, 0.6) is 0 Å². The first-order chi connectivity index (χ1) is 11.4.